The van der Waals surface area contributed by atoms with Crippen LogP contribution >= 0.6 is 0 Å². The summed E-state index contributed by atoms with van der Waals surface area (Å²) in [6.07, 6.45) is 0. The van der Waals surface area contributed by atoms with Crippen molar-refractivity contribution in [3.63, 3.8) is 0 Å². The molecule has 0 fully saturated rings. The Bertz CT molecular complexity index is 588. The van der Waals surface area contributed by atoms with Crippen LogP contribution in [0.15, 0.2) is 42.5 Å². The number of benzene rings is 2. The van der Waals surface area contributed by atoms with Crippen LogP contribution < -0.4 is 10.5 Å². The van der Waals surface area contributed by atoms with E-state index in [1.165, 1.54) is 11.1 Å². The third-order valence-corrected chi connectivity index (χ3v) is 3.42. The standard InChI is InChI=1S/C18H23NO/c1-12(2)15-10-9-13(3)11-18(15)20-17-8-6-5-7-16(17)14(4)19/h5-12,14H,19H2,1-4H3. The van der Waals surface area contributed by atoms with Crippen LogP contribution in [-0.4, -0.2) is 0 Å². The van der Waals surface area contributed by atoms with E-state index in [0.29, 0.717) is 5.92 Å². The summed E-state index contributed by atoms with van der Waals surface area (Å²) in [7, 11) is 0. The van der Waals surface area contributed by atoms with Gasteiger partial charge in [0.2, 0.25) is 0 Å². The Morgan fingerprint density at radius 2 is 1.60 bits per heavy atom. The molecule has 0 spiro atoms. The first-order valence-electron chi connectivity index (χ1n) is 7.12. The molecule has 2 nitrogen and oxygen atoms in total. The minimum Gasteiger partial charge on any atom is -0.457 e. The first-order chi connectivity index (χ1) is 9.49. The van der Waals surface area contributed by atoms with E-state index in [1.807, 2.05) is 31.2 Å². The third kappa shape index (κ3) is 3.20. The van der Waals surface area contributed by atoms with Crippen molar-refractivity contribution in [2.75, 3.05) is 0 Å². The summed E-state index contributed by atoms with van der Waals surface area (Å²) in [5.74, 6) is 2.19. The molecule has 2 aromatic carbocycles. The van der Waals surface area contributed by atoms with Crippen LogP contribution in [0.4, 0.5) is 0 Å². The number of hydrogen-bond donors (Lipinski definition) is 1. The molecule has 0 amide bonds. The monoisotopic (exact) mass is 269 g/mol. The topological polar surface area (TPSA) is 35.2 Å². The molecule has 106 valence electrons. The van der Waals surface area contributed by atoms with E-state index in [1.54, 1.807) is 0 Å². The van der Waals surface area contributed by atoms with Crippen molar-refractivity contribution < 1.29 is 4.74 Å². The van der Waals surface area contributed by atoms with Gasteiger partial charge in [-0.3, -0.25) is 0 Å². The van der Waals surface area contributed by atoms with E-state index >= 15 is 0 Å². The third-order valence-electron chi connectivity index (χ3n) is 3.42. The van der Waals surface area contributed by atoms with E-state index in [4.69, 9.17) is 10.5 Å². The van der Waals surface area contributed by atoms with Crippen LogP contribution in [0.1, 0.15) is 49.4 Å². The first-order valence-corrected chi connectivity index (χ1v) is 7.12. The molecule has 0 bridgehead atoms. The lowest BCUT2D eigenvalue weighted by Crippen LogP contribution is -2.07. The van der Waals surface area contributed by atoms with Gasteiger partial charge in [0.05, 0.1) is 0 Å². The van der Waals surface area contributed by atoms with Gasteiger partial charge in [-0.1, -0.05) is 44.2 Å². The smallest absolute Gasteiger partial charge is 0.132 e. The van der Waals surface area contributed by atoms with E-state index < -0.39 is 0 Å². The molecule has 0 saturated carbocycles. The fourth-order valence-electron chi connectivity index (χ4n) is 2.28. The lowest BCUT2D eigenvalue weighted by Gasteiger charge is -2.18. The number of aryl methyl sites for hydroxylation is 1. The highest BCUT2D eigenvalue weighted by Gasteiger charge is 2.12. The lowest BCUT2D eigenvalue weighted by atomic mass is 10.0. The highest BCUT2D eigenvalue weighted by Crippen LogP contribution is 2.34. The average molecular weight is 269 g/mol. The second kappa shape index (κ2) is 6.10. The highest BCUT2D eigenvalue weighted by atomic mass is 16.5. The first kappa shape index (κ1) is 14.6. The summed E-state index contributed by atoms with van der Waals surface area (Å²) in [5.41, 5.74) is 9.46. The van der Waals surface area contributed by atoms with Gasteiger partial charge in [-0.25, -0.2) is 0 Å². The zero-order chi connectivity index (χ0) is 14.7. The molecule has 0 saturated heterocycles. The second-order valence-corrected chi connectivity index (χ2v) is 5.62. The van der Waals surface area contributed by atoms with Crippen molar-refractivity contribution in [2.45, 2.75) is 39.7 Å². The van der Waals surface area contributed by atoms with Gasteiger partial charge in [0, 0.05) is 11.6 Å². The Morgan fingerprint density at radius 3 is 2.25 bits per heavy atom. The van der Waals surface area contributed by atoms with Crippen LogP contribution in [0.2, 0.25) is 0 Å². The largest absolute Gasteiger partial charge is 0.457 e. The van der Waals surface area contributed by atoms with Gasteiger partial charge in [0.15, 0.2) is 0 Å². The maximum Gasteiger partial charge on any atom is 0.132 e. The van der Waals surface area contributed by atoms with Crippen molar-refractivity contribution in [3.8, 4) is 11.5 Å². The van der Waals surface area contributed by atoms with Gasteiger partial charge in [-0.15, -0.1) is 0 Å². The molecule has 2 heteroatoms. The van der Waals surface area contributed by atoms with Gasteiger partial charge in [-0.2, -0.15) is 0 Å². The molecule has 2 rings (SSSR count). The van der Waals surface area contributed by atoms with Crippen molar-refractivity contribution in [2.24, 2.45) is 5.73 Å². The Kier molecular flexibility index (Phi) is 4.46. The molecule has 0 aliphatic carbocycles. The van der Waals surface area contributed by atoms with Crippen molar-refractivity contribution in [3.05, 3.63) is 59.2 Å². The molecule has 2 aromatic rings. The number of para-hydroxylation sites is 1. The minimum atomic E-state index is -0.0430. The SMILES string of the molecule is Cc1ccc(C(C)C)c(Oc2ccccc2C(C)N)c1. The van der Waals surface area contributed by atoms with Gasteiger partial charge < -0.3 is 10.5 Å². The molecule has 1 unspecified atom stereocenters. The van der Waals surface area contributed by atoms with Crippen LogP contribution in [0.5, 0.6) is 11.5 Å². The Hall–Kier alpha value is -1.80. The Morgan fingerprint density at radius 1 is 0.900 bits per heavy atom. The molecule has 0 aromatic heterocycles. The lowest BCUT2D eigenvalue weighted by molar-refractivity contribution is 0.463. The maximum absolute atomic E-state index is 6.16. The average Bonchev–Trinajstić information content (AvgIpc) is 2.38. The maximum atomic E-state index is 6.16. The quantitative estimate of drug-likeness (QED) is 0.854. The fraction of sp³-hybridized carbons (Fsp3) is 0.333. The van der Waals surface area contributed by atoms with Crippen LogP contribution in [0.25, 0.3) is 0 Å². The van der Waals surface area contributed by atoms with E-state index in [2.05, 4.69) is 39.0 Å². The van der Waals surface area contributed by atoms with E-state index in [9.17, 15) is 0 Å². The predicted octanol–water partition coefficient (Wildman–Crippen LogP) is 4.93. The van der Waals surface area contributed by atoms with E-state index in [0.717, 1.165) is 17.1 Å². The molecule has 0 radical (unpaired) electrons. The molecular weight excluding hydrogens is 246 g/mol. The molecule has 0 aliphatic heterocycles. The molecule has 0 heterocycles. The van der Waals surface area contributed by atoms with Crippen molar-refractivity contribution >= 4 is 0 Å². The Balaban J connectivity index is 2.42. The highest BCUT2D eigenvalue weighted by molar-refractivity contribution is 5.45. The second-order valence-electron chi connectivity index (χ2n) is 5.62. The predicted molar refractivity (Wildman–Crippen MR) is 84.4 cm³/mol. The molecule has 20 heavy (non-hydrogen) atoms. The van der Waals surface area contributed by atoms with Gasteiger partial charge in [0.25, 0.3) is 0 Å². The summed E-state index contributed by atoms with van der Waals surface area (Å²) in [6.45, 7) is 8.40. The zero-order valence-electron chi connectivity index (χ0n) is 12.7. The zero-order valence-corrected chi connectivity index (χ0v) is 12.7. The van der Waals surface area contributed by atoms with Crippen LogP contribution in [0.3, 0.4) is 0 Å². The van der Waals surface area contributed by atoms with Gasteiger partial charge in [-0.05, 0) is 43.0 Å². The summed E-state index contributed by atoms with van der Waals surface area (Å²) >= 11 is 0. The Labute approximate surface area is 121 Å². The molecular formula is C18H23NO. The van der Waals surface area contributed by atoms with E-state index in [-0.39, 0.29) is 6.04 Å². The van der Waals surface area contributed by atoms with Gasteiger partial charge in [0.1, 0.15) is 11.5 Å². The van der Waals surface area contributed by atoms with Crippen molar-refractivity contribution in [1.29, 1.82) is 0 Å². The molecule has 2 N–H and O–H groups in total. The number of hydrogen-bond acceptors (Lipinski definition) is 2. The molecule has 1 atom stereocenters. The van der Waals surface area contributed by atoms with Crippen LogP contribution in [0, 0.1) is 6.92 Å². The minimum absolute atomic E-state index is 0.0430. The summed E-state index contributed by atoms with van der Waals surface area (Å²) in [4.78, 5) is 0. The van der Waals surface area contributed by atoms with Crippen molar-refractivity contribution in [1.82, 2.24) is 0 Å². The molecule has 0 aliphatic rings. The normalized spacial score (nSPS) is 12.5. The summed E-state index contributed by atoms with van der Waals surface area (Å²) in [5, 5.41) is 0. The fourth-order valence-corrected chi connectivity index (χ4v) is 2.28. The summed E-state index contributed by atoms with van der Waals surface area (Å²) in [6, 6.07) is 14.3. The summed E-state index contributed by atoms with van der Waals surface area (Å²) < 4.78 is 6.16. The number of rotatable bonds is 4. The number of nitrogens with two attached hydrogens (primary N) is 1. The number of ether oxygens (including phenoxy) is 1. The van der Waals surface area contributed by atoms with Crippen LogP contribution in [-0.2, 0) is 0 Å². The van der Waals surface area contributed by atoms with Gasteiger partial charge >= 0.3 is 0 Å².